The maximum atomic E-state index is 13.1. The number of nitriles is 1. The number of rotatable bonds is 3. The molecule has 1 aliphatic heterocycles. The molecule has 2 aromatic carbocycles. The molecule has 146 valence electrons. The van der Waals surface area contributed by atoms with Crippen molar-refractivity contribution in [1.82, 2.24) is 15.6 Å². The first-order valence-corrected chi connectivity index (χ1v) is 9.69. The Morgan fingerprint density at radius 3 is 2.79 bits per heavy atom. The average molecular weight is 385 g/mol. The van der Waals surface area contributed by atoms with Gasteiger partial charge in [0.2, 0.25) is 0 Å². The van der Waals surface area contributed by atoms with Crippen molar-refractivity contribution in [2.24, 2.45) is 5.92 Å². The lowest BCUT2D eigenvalue weighted by atomic mass is 9.77. The molecule has 0 bridgehead atoms. The van der Waals surface area contributed by atoms with Crippen molar-refractivity contribution in [2.45, 2.75) is 18.9 Å². The van der Waals surface area contributed by atoms with E-state index in [1.165, 1.54) is 0 Å². The fraction of sp³-hybridized carbons (Fsp3) is 0.261. The smallest absolute Gasteiger partial charge is 0.252 e. The van der Waals surface area contributed by atoms with Crippen LogP contribution in [0.5, 0.6) is 0 Å². The van der Waals surface area contributed by atoms with Gasteiger partial charge in [0.25, 0.3) is 5.91 Å². The van der Waals surface area contributed by atoms with E-state index in [0.29, 0.717) is 34.8 Å². The topological polar surface area (TPSA) is 104 Å². The number of hydrogen-bond donors (Lipinski definition) is 3. The van der Waals surface area contributed by atoms with Crippen molar-refractivity contribution in [3.05, 3.63) is 71.4 Å². The van der Waals surface area contributed by atoms with E-state index in [2.05, 4.69) is 28.6 Å². The van der Waals surface area contributed by atoms with Gasteiger partial charge in [0.1, 0.15) is 6.07 Å². The Balaban J connectivity index is 1.83. The maximum absolute atomic E-state index is 13.1. The van der Waals surface area contributed by atoms with Gasteiger partial charge in [0.15, 0.2) is 0 Å². The lowest BCUT2D eigenvalue weighted by Crippen LogP contribution is -2.57. The summed E-state index contributed by atoms with van der Waals surface area (Å²) in [6.45, 7) is 3.67. The van der Waals surface area contributed by atoms with Crippen LogP contribution in [0.1, 0.15) is 34.8 Å². The van der Waals surface area contributed by atoms with Crippen LogP contribution in [0.4, 0.5) is 5.69 Å². The van der Waals surface area contributed by atoms with Gasteiger partial charge in [0.05, 0.1) is 16.6 Å². The zero-order valence-corrected chi connectivity index (χ0v) is 16.3. The van der Waals surface area contributed by atoms with E-state index < -0.39 is 5.54 Å². The number of benzene rings is 2. The highest BCUT2D eigenvalue weighted by molar-refractivity contribution is 5.96. The van der Waals surface area contributed by atoms with Gasteiger partial charge in [-0.1, -0.05) is 19.1 Å². The molecule has 1 saturated heterocycles. The first-order chi connectivity index (χ1) is 14.0. The van der Waals surface area contributed by atoms with Crippen LogP contribution in [0.25, 0.3) is 10.9 Å². The molecule has 4 N–H and O–H groups in total. The number of amides is 1. The molecule has 2 atom stereocenters. The fourth-order valence-corrected chi connectivity index (χ4v) is 4.24. The first kappa shape index (κ1) is 18.9. The number of aromatic nitrogens is 1. The summed E-state index contributed by atoms with van der Waals surface area (Å²) < 4.78 is 0. The summed E-state index contributed by atoms with van der Waals surface area (Å²) in [6.07, 6.45) is 2.48. The van der Waals surface area contributed by atoms with Crippen LogP contribution >= 0.6 is 0 Å². The number of nitrogens with one attached hydrogen (secondary N) is 2. The van der Waals surface area contributed by atoms with Crippen molar-refractivity contribution in [2.75, 3.05) is 18.8 Å². The Morgan fingerprint density at radius 1 is 1.28 bits per heavy atom. The van der Waals surface area contributed by atoms with E-state index in [4.69, 9.17) is 5.73 Å². The van der Waals surface area contributed by atoms with E-state index in [1.807, 2.05) is 18.2 Å². The second kappa shape index (κ2) is 7.53. The number of nitrogens with two attached hydrogens (primary N) is 1. The second-order valence-electron chi connectivity index (χ2n) is 7.77. The first-order valence-electron chi connectivity index (χ1n) is 9.69. The maximum Gasteiger partial charge on any atom is 0.252 e. The Morgan fingerprint density at radius 2 is 2.07 bits per heavy atom. The van der Waals surface area contributed by atoms with E-state index in [0.717, 1.165) is 23.9 Å². The van der Waals surface area contributed by atoms with Gasteiger partial charge in [-0.05, 0) is 60.8 Å². The molecule has 29 heavy (non-hydrogen) atoms. The highest BCUT2D eigenvalue weighted by Crippen LogP contribution is 2.36. The van der Waals surface area contributed by atoms with Crippen molar-refractivity contribution in [1.29, 1.82) is 5.26 Å². The van der Waals surface area contributed by atoms with Crippen molar-refractivity contribution < 1.29 is 4.79 Å². The van der Waals surface area contributed by atoms with Crippen LogP contribution in [-0.4, -0.2) is 24.0 Å². The average Bonchev–Trinajstić information content (AvgIpc) is 2.73. The zero-order valence-electron chi connectivity index (χ0n) is 16.3. The van der Waals surface area contributed by atoms with Crippen LogP contribution < -0.4 is 16.4 Å². The summed E-state index contributed by atoms with van der Waals surface area (Å²) in [5, 5.41) is 17.1. The molecule has 0 saturated carbocycles. The van der Waals surface area contributed by atoms with Gasteiger partial charge in [-0.3, -0.25) is 9.78 Å². The molecule has 0 spiro atoms. The predicted molar refractivity (Wildman–Crippen MR) is 113 cm³/mol. The predicted octanol–water partition coefficient (Wildman–Crippen LogP) is 2.94. The number of anilines is 1. The molecule has 3 aromatic rings. The fourth-order valence-electron chi connectivity index (χ4n) is 4.24. The number of carbonyl (C=O) groups excluding carboxylic acids is 1. The molecular formula is C23H23N5O. The number of hydrogen-bond acceptors (Lipinski definition) is 5. The normalized spacial score (nSPS) is 21.4. The van der Waals surface area contributed by atoms with Crippen molar-refractivity contribution in [3.63, 3.8) is 0 Å². The Bertz CT molecular complexity index is 1100. The van der Waals surface area contributed by atoms with E-state index in [-0.39, 0.29) is 5.91 Å². The van der Waals surface area contributed by atoms with E-state index >= 15 is 0 Å². The lowest BCUT2D eigenvalue weighted by molar-refractivity contribution is 0.0859. The Hall–Kier alpha value is -3.43. The lowest BCUT2D eigenvalue weighted by Gasteiger charge is -2.42. The van der Waals surface area contributed by atoms with Gasteiger partial charge >= 0.3 is 0 Å². The largest absolute Gasteiger partial charge is 0.399 e. The number of pyridine rings is 1. The molecule has 1 aliphatic rings. The van der Waals surface area contributed by atoms with Gasteiger partial charge in [0, 0.05) is 29.4 Å². The second-order valence-corrected chi connectivity index (χ2v) is 7.77. The highest BCUT2D eigenvalue weighted by atomic mass is 16.1. The number of nitrogens with zero attached hydrogens (tertiary/aromatic N) is 2. The summed E-state index contributed by atoms with van der Waals surface area (Å²) in [7, 11) is 0. The minimum Gasteiger partial charge on any atom is -0.399 e. The quantitative estimate of drug-likeness (QED) is 0.602. The van der Waals surface area contributed by atoms with Crippen LogP contribution in [0.3, 0.4) is 0 Å². The Labute approximate surface area is 169 Å². The van der Waals surface area contributed by atoms with Gasteiger partial charge in [-0.25, -0.2) is 0 Å². The van der Waals surface area contributed by atoms with E-state index in [9.17, 15) is 10.1 Å². The molecule has 6 heteroatoms. The molecular weight excluding hydrogens is 362 g/mol. The van der Waals surface area contributed by atoms with Crippen LogP contribution in [0, 0.1) is 17.2 Å². The molecule has 1 aromatic heterocycles. The molecule has 2 heterocycles. The third-order valence-electron chi connectivity index (χ3n) is 5.55. The zero-order chi connectivity index (χ0) is 20.4. The number of fused-ring (bicyclic) bond motifs is 1. The molecule has 1 amide bonds. The van der Waals surface area contributed by atoms with Gasteiger partial charge < -0.3 is 16.4 Å². The summed E-state index contributed by atoms with van der Waals surface area (Å²) in [5.41, 5.74) is 8.50. The number of piperidine rings is 1. The highest BCUT2D eigenvalue weighted by Gasteiger charge is 2.39. The standard InChI is InChI=1S/C23H23N5O/c1-15-11-23(14-26-13-15,28-22(29)16-4-7-18(25)8-5-16)20-9-6-17(12-24)21-19(20)3-2-10-27-21/h2-10,15,26H,11,13-14,25H2,1H3,(H,28,29)/t15-,23-/m0/s1. The third-order valence-corrected chi connectivity index (χ3v) is 5.55. The molecule has 6 nitrogen and oxygen atoms in total. The number of nitrogen functional groups attached to an aromatic ring is 1. The van der Waals surface area contributed by atoms with Crippen LogP contribution in [0.15, 0.2) is 54.7 Å². The minimum absolute atomic E-state index is 0.151. The third kappa shape index (κ3) is 3.53. The monoisotopic (exact) mass is 385 g/mol. The summed E-state index contributed by atoms with van der Waals surface area (Å²) in [6, 6.07) is 16.7. The van der Waals surface area contributed by atoms with Gasteiger partial charge in [-0.2, -0.15) is 5.26 Å². The summed E-state index contributed by atoms with van der Waals surface area (Å²) in [4.78, 5) is 17.6. The van der Waals surface area contributed by atoms with Crippen molar-refractivity contribution >= 4 is 22.5 Å². The van der Waals surface area contributed by atoms with Crippen LogP contribution in [-0.2, 0) is 5.54 Å². The molecule has 0 unspecified atom stereocenters. The molecule has 0 aliphatic carbocycles. The summed E-state index contributed by atoms with van der Waals surface area (Å²) >= 11 is 0. The minimum atomic E-state index is -0.606. The Kier molecular flexibility index (Phi) is 4.91. The SMILES string of the molecule is C[C@@H]1CNC[C@](NC(=O)c2ccc(N)cc2)(c2ccc(C#N)c3ncccc23)C1. The number of carbonyl (C=O) groups is 1. The molecule has 4 rings (SSSR count). The molecule has 0 radical (unpaired) electrons. The van der Waals surface area contributed by atoms with E-state index in [1.54, 1.807) is 36.5 Å². The van der Waals surface area contributed by atoms with Crippen molar-refractivity contribution in [3.8, 4) is 6.07 Å². The summed E-state index contributed by atoms with van der Waals surface area (Å²) in [5.74, 6) is 0.222. The van der Waals surface area contributed by atoms with Crippen LogP contribution in [0.2, 0.25) is 0 Å². The van der Waals surface area contributed by atoms with Gasteiger partial charge in [-0.15, -0.1) is 0 Å². The molecule has 1 fully saturated rings.